The third-order valence-corrected chi connectivity index (χ3v) is 4.86. The first kappa shape index (κ1) is 19.2. The van der Waals surface area contributed by atoms with Crippen molar-refractivity contribution in [3.8, 4) is 5.75 Å². The number of imide groups is 1. The summed E-state index contributed by atoms with van der Waals surface area (Å²) in [5.74, 6) is 0.594. The summed E-state index contributed by atoms with van der Waals surface area (Å²) in [5, 5.41) is 4.74. The summed E-state index contributed by atoms with van der Waals surface area (Å²) >= 11 is 0. The Morgan fingerprint density at radius 2 is 1.76 bits per heavy atom. The molecular weight excluding hydrogens is 320 g/mol. The van der Waals surface area contributed by atoms with Crippen molar-refractivity contribution in [2.75, 3.05) is 40.3 Å². The average molecular weight is 348 g/mol. The monoisotopic (exact) mass is 348 g/mol. The molecule has 1 aromatic carbocycles. The summed E-state index contributed by atoms with van der Waals surface area (Å²) in [6, 6.07) is 7.61. The number of urea groups is 1. The molecule has 1 saturated heterocycles. The van der Waals surface area contributed by atoms with Crippen molar-refractivity contribution in [3.05, 3.63) is 29.8 Å². The maximum atomic E-state index is 12.1. The molecule has 138 valence electrons. The summed E-state index contributed by atoms with van der Waals surface area (Å²) in [6.07, 6.45) is 0. The van der Waals surface area contributed by atoms with Gasteiger partial charge in [-0.2, -0.15) is 0 Å². The van der Waals surface area contributed by atoms with Gasteiger partial charge in [0, 0.05) is 39.3 Å². The Balaban J connectivity index is 1.90. The van der Waals surface area contributed by atoms with Crippen LogP contribution in [0.25, 0.3) is 0 Å². The van der Waals surface area contributed by atoms with E-state index >= 15 is 0 Å². The summed E-state index contributed by atoms with van der Waals surface area (Å²) in [7, 11) is 3.17. The molecule has 7 nitrogen and oxygen atoms in total. The average Bonchev–Trinajstić information content (AvgIpc) is 2.66. The normalized spacial score (nSPS) is 18.2. The predicted molar refractivity (Wildman–Crippen MR) is 96.6 cm³/mol. The maximum Gasteiger partial charge on any atom is 0.321 e. The first-order valence-corrected chi connectivity index (χ1v) is 8.61. The first-order valence-electron chi connectivity index (χ1n) is 8.61. The molecule has 0 aliphatic carbocycles. The molecule has 0 spiro atoms. The molecule has 0 aromatic heterocycles. The smallest absolute Gasteiger partial charge is 0.321 e. The number of carbonyl (C=O) groups is 2. The number of ether oxygens (including phenoxy) is 1. The van der Waals surface area contributed by atoms with Crippen LogP contribution < -0.4 is 15.4 Å². The van der Waals surface area contributed by atoms with E-state index in [1.165, 1.54) is 12.6 Å². The van der Waals surface area contributed by atoms with Gasteiger partial charge in [0.05, 0.1) is 13.2 Å². The Hall–Kier alpha value is -2.12. The molecule has 1 heterocycles. The van der Waals surface area contributed by atoms with Gasteiger partial charge >= 0.3 is 6.03 Å². The highest BCUT2D eigenvalue weighted by atomic mass is 16.5. The minimum absolute atomic E-state index is 0.270. The molecule has 1 aromatic rings. The summed E-state index contributed by atoms with van der Waals surface area (Å²) in [4.78, 5) is 27.9. The zero-order chi connectivity index (χ0) is 18.4. The van der Waals surface area contributed by atoms with Gasteiger partial charge in [-0.05, 0) is 31.5 Å². The third kappa shape index (κ3) is 4.93. The summed E-state index contributed by atoms with van der Waals surface area (Å²) < 4.78 is 5.30. The Kier molecular flexibility index (Phi) is 6.78. The second kappa shape index (κ2) is 8.82. The van der Waals surface area contributed by atoms with E-state index in [4.69, 9.17) is 4.74 Å². The number of hydrogen-bond donors (Lipinski definition) is 2. The molecule has 7 heteroatoms. The van der Waals surface area contributed by atoms with Gasteiger partial charge in [-0.25, -0.2) is 4.79 Å². The Bertz CT molecular complexity index is 600. The minimum Gasteiger partial charge on any atom is -0.497 e. The molecule has 25 heavy (non-hydrogen) atoms. The van der Waals surface area contributed by atoms with Crippen LogP contribution in [0.1, 0.15) is 25.5 Å². The van der Waals surface area contributed by atoms with Crippen molar-refractivity contribution in [2.24, 2.45) is 0 Å². The summed E-state index contributed by atoms with van der Waals surface area (Å²) in [5.41, 5.74) is 1.22. The molecule has 0 saturated carbocycles. The second-order valence-electron chi connectivity index (χ2n) is 6.27. The second-order valence-corrected chi connectivity index (χ2v) is 6.27. The number of amides is 3. The molecule has 2 atom stereocenters. The Morgan fingerprint density at radius 1 is 1.12 bits per heavy atom. The zero-order valence-corrected chi connectivity index (χ0v) is 15.4. The number of nitrogens with zero attached hydrogens (tertiary/aromatic N) is 2. The van der Waals surface area contributed by atoms with Gasteiger partial charge in [0.1, 0.15) is 5.75 Å². The fraction of sp³-hybridized carbons (Fsp3) is 0.556. The van der Waals surface area contributed by atoms with Crippen molar-refractivity contribution < 1.29 is 14.3 Å². The molecule has 3 amide bonds. The highest BCUT2D eigenvalue weighted by Crippen LogP contribution is 2.25. The van der Waals surface area contributed by atoms with E-state index in [2.05, 4.69) is 39.5 Å². The van der Waals surface area contributed by atoms with E-state index in [0.717, 1.165) is 31.9 Å². The lowest BCUT2D eigenvalue weighted by Crippen LogP contribution is -2.55. The van der Waals surface area contributed by atoms with Crippen LogP contribution in [-0.2, 0) is 4.79 Å². The van der Waals surface area contributed by atoms with E-state index in [0.29, 0.717) is 0 Å². The SMILES string of the molecule is CNC(=O)NC(=O)[C@@H](C)N1CCN([C@H](C)c2cccc(OC)c2)CC1. The topological polar surface area (TPSA) is 73.9 Å². The lowest BCUT2D eigenvalue weighted by atomic mass is 10.1. The quantitative estimate of drug-likeness (QED) is 0.837. The first-order chi connectivity index (χ1) is 12.0. The number of nitrogens with one attached hydrogen (secondary N) is 2. The number of benzene rings is 1. The van der Waals surface area contributed by atoms with Crippen LogP contribution in [0.2, 0.25) is 0 Å². The highest BCUT2D eigenvalue weighted by molar-refractivity contribution is 5.96. The molecule has 0 unspecified atom stereocenters. The van der Waals surface area contributed by atoms with Crippen LogP contribution in [0.3, 0.4) is 0 Å². The van der Waals surface area contributed by atoms with Crippen molar-refractivity contribution in [1.29, 1.82) is 0 Å². The van der Waals surface area contributed by atoms with Crippen LogP contribution in [-0.4, -0.2) is 68.1 Å². The van der Waals surface area contributed by atoms with Crippen LogP contribution in [0.5, 0.6) is 5.75 Å². The third-order valence-electron chi connectivity index (χ3n) is 4.86. The van der Waals surface area contributed by atoms with Crippen molar-refractivity contribution >= 4 is 11.9 Å². The molecule has 0 bridgehead atoms. The zero-order valence-electron chi connectivity index (χ0n) is 15.4. The Morgan fingerprint density at radius 3 is 2.36 bits per heavy atom. The van der Waals surface area contributed by atoms with Gasteiger partial charge in [0.25, 0.3) is 0 Å². The highest BCUT2D eigenvalue weighted by Gasteiger charge is 2.28. The van der Waals surface area contributed by atoms with Crippen molar-refractivity contribution in [3.63, 3.8) is 0 Å². The van der Waals surface area contributed by atoms with E-state index in [1.54, 1.807) is 7.11 Å². The molecular formula is C18H28N4O3. The maximum absolute atomic E-state index is 12.1. The van der Waals surface area contributed by atoms with Gasteiger partial charge in [0.15, 0.2) is 0 Å². The Labute approximate surface area is 149 Å². The van der Waals surface area contributed by atoms with E-state index in [9.17, 15) is 9.59 Å². The lowest BCUT2D eigenvalue weighted by Gasteiger charge is -2.40. The van der Waals surface area contributed by atoms with Crippen LogP contribution >= 0.6 is 0 Å². The van der Waals surface area contributed by atoms with Gasteiger partial charge in [-0.3, -0.25) is 19.9 Å². The van der Waals surface area contributed by atoms with Gasteiger partial charge in [-0.15, -0.1) is 0 Å². The fourth-order valence-corrected chi connectivity index (χ4v) is 3.07. The molecule has 1 aliphatic heterocycles. The number of carbonyl (C=O) groups excluding carboxylic acids is 2. The van der Waals surface area contributed by atoms with Gasteiger partial charge in [0.2, 0.25) is 5.91 Å². The number of methoxy groups -OCH3 is 1. The van der Waals surface area contributed by atoms with Crippen molar-refractivity contribution in [2.45, 2.75) is 25.9 Å². The van der Waals surface area contributed by atoms with Crippen LogP contribution in [0.15, 0.2) is 24.3 Å². The number of piperazine rings is 1. The summed E-state index contributed by atoms with van der Waals surface area (Å²) in [6.45, 7) is 7.34. The molecule has 1 fully saturated rings. The lowest BCUT2D eigenvalue weighted by molar-refractivity contribution is -0.125. The van der Waals surface area contributed by atoms with E-state index in [1.807, 2.05) is 19.1 Å². The van der Waals surface area contributed by atoms with Crippen LogP contribution in [0.4, 0.5) is 4.79 Å². The fourth-order valence-electron chi connectivity index (χ4n) is 3.07. The van der Waals surface area contributed by atoms with Gasteiger partial charge in [-0.1, -0.05) is 12.1 Å². The van der Waals surface area contributed by atoms with Gasteiger partial charge < -0.3 is 10.1 Å². The molecule has 1 aliphatic rings. The van der Waals surface area contributed by atoms with E-state index < -0.39 is 6.03 Å². The molecule has 2 N–H and O–H groups in total. The number of rotatable bonds is 5. The van der Waals surface area contributed by atoms with Crippen LogP contribution in [0, 0.1) is 0 Å². The minimum atomic E-state index is -0.470. The van der Waals surface area contributed by atoms with E-state index in [-0.39, 0.29) is 18.0 Å². The predicted octanol–water partition coefficient (Wildman–Crippen LogP) is 1.22. The molecule has 0 radical (unpaired) electrons. The molecule has 2 rings (SSSR count). The van der Waals surface area contributed by atoms with Crippen molar-refractivity contribution in [1.82, 2.24) is 20.4 Å². The standard InChI is InChI=1S/C18H28N4O3/c1-13(15-6-5-7-16(12-15)25-4)21-8-10-22(11-9-21)14(2)17(23)20-18(24)19-3/h5-7,12-14H,8-11H2,1-4H3,(H2,19,20,23,24)/t13-,14-/m1/s1. The largest absolute Gasteiger partial charge is 0.497 e. The number of hydrogen-bond acceptors (Lipinski definition) is 5.